The van der Waals surface area contributed by atoms with Gasteiger partial charge in [0.05, 0.1) is 23.7 Å². The quantitative estimate of drug-likeness (QED) is 0.678. The molecule has 0 atom stereocenters. The first-order valence-corrected chi connectivity index (χ1v) is 11.9. The smallest absolute Gasteiger partial charge is 0.252 e. The highest BCUT2D eigenvalue weighted by molar-refractivity contribution is 8.00. The minimum absolute atomic E-state index is 0.140. The number of amides is 1. The van der Waals surface area contributed by atoms with Gasteiger partial charge in [-0.1, -0.05) is 38.1 Å². The predicted octanol–water partition coefficient (Wildman–Crippen LogP) is 3.14. The molecule has 0 aromatic heterocycles. The zero-order valence-electron chi connectivity index (χ0n) is 16.6. The summed E-state index contributed by atoms with van der Waals surface area (Å²) in [4.78, 5) is 13.8. The van der Waals surface area contributed by atoms with Gasteiger partial charge in [-0.3, -0.25) is 4.79 Å². The van der Waals surface area contributed by atoms with Crippen molar-refractivity contribution in [2.24, 2.45) is 0 Å². The number of ether oxygens (including phenoxy) is 1. The molecular formula is C21H26N2O4S2. The Hall–Kier alpha value is -1.87. The Bertz CT molecular complexity index is 937. The van der Waals surface area contributed by atoms with Crippen LogP contribution in [0.3, 0.4) is 0 Å². The van der Waals surface area contributed by atoms with Crippen molar-refractivity contribution in [2.75, 3.05) is 26.3 Å². The van der Waals surface area contributed by atoms with Gasteiger partial charge in [-0.25, -0.2) is 8.42 Å². The Balaban J connectivity index is 1.64. The number of rotatable bonds is 7. The molecule has 6 nitrogen and oxygen atoms in total. The van der Waals surface area contributed by atoms with Crippen LogP contribution < -0.4 is 5.32 Å². The minimum Gasteiger partial charge on any atom is -0.379 e. The summed E-state index contributed by atoms with van der Waals surface area (Å²) < 4.78 is 32.0. The highest BCUT2D eigenvalue weighted by Gasteiger charge is 2.26. The molecule has 0 unspecified atom stereocenters. The lowest BCUT2D eigenvalue weighted by atomic mass is 10.2. The van der Waals surface area contributed by atoms with E-state index in [0.717, 1.165) is 10.5 Å². The molecule has 1 amide bonds. The number of thioether (sulfide) groups is 1. The van der Waals surface area contributed by atoms with E-state index in [2.05, 4.69) is 19.2 Å². The number of hydrogen-bond donors (Lipinski definition) is 1. The van der Waals surface area contributed by atoms with Crippen molar-refractivity contribution in [3.05, 3.63) is 59.7 Å². The van der Waals surface area contributed by atoms with Crippen LogP contribution in [0.2, 0.25) is 0 Å². The summed E-state index contributed by atoms with van der Waals surface area (Å²) in [6.45, 7) is 6.08. The van der Waals surface area contributed by atoms with Crippen molar-refractivity contribution in [2.45, 2.75) is 35.4 Å². The maximum absolute atomic E-state index is 12.7. The number of carbonyl (C=O) groups excluding carboxylic acids is 1. The van der Waals surface area contributed by atoms with Crippen LogP contribution in [0.25, 0.3) is 0 Å². The van der Waals surface area contributed by atoms with E-state index < -0.39 is 10.0 Å². The van der Waals surface area contributed by atoms with Crippen molar-refractivity contribution in [3.63, 3.8) is 0 Å². The Morgan fingerprint density at radius 1 is 1.10 bits per heavy atom. The van der Waals surface area contributed by atoms with Gasteiger partial charge in [0, 0.05) is 29.8 Å². The molecule has 0 saturated carbocycles. The van der Waals surface area contributed by atoms with E-state index in [0.29, 0.717) is 43.7 Å². The van der Waals surface area contributed by atoms with Crippen molar-refractivity contribution in [3.8, 4) is 0 Å². The molecule has 1 aliphatic rings. The van der Waals surface area contributed by atoms with Crippen LogP contribution in [-0.2, 0) is 21.3 Å². The summed E-state index contributed by atoms with van der Waals surface area (Å²) in [6, 6.07) is 14.2. The normalized spacial score (nSPS) is 15.4. The second-order valence-electron chi connectivity index (χ2n) is 7.01. The Kier molecular flexibility index (Phi) is 7.34. The average molecular weight is 435 g/mol. The Labute approximate surface area is 176 Å². The molecule has 29 heavy (non-hydrogen) atoms. The van der Waals surface area contributed by atoms with Gasteiger partial charge in [0.1, 0.15) is 0 Å². The lowest BCUT2D eigenvalue weighted by Crippen LogP contribution is -2.40. The summed E-state index contributed by atoms with van der Waals surface area (Å²) in [6.07, 6.45) is 0. The highest BCUT2D eigenvalue weighted by Crippen LogP contribution is 2.26. The van der Waals surface area contributed by atoms with Gasteiger partial charge in [-0.05, 0) is 29.8 Å². The number of nitrogens with zero attached hydrogens (tertiary/aromatic N) is 1. The zero-order chi connectivity index (χ0) is 20.9. The van der Waals surface area contributed by atoms with E-state index in [1.54, 1.807) is 36.0 Å². The molecule has 0 radical (unpaired) electrons. The van der Waals surface area contributed by atoms with Gasteiger partial charge < -0.3 is 10.1 Å². The SMILES string of the molecule is CC(C)Sc1ccccc1C(=O)NCc1ccc(S(=O)(=O)N2CCOCC2)cc1. The van der Waals surface area contributed by atoms with Gasteiger partial charge in [0.25, 0.3) is 5.91 Å². The third-order valence-electron chi connectivity index (χ3n) is 4.48. The second kappa shape index (κ2) is 9.75. The first kappa shape index (κ1) is 21.8. The summed E-state index contributed by atoms with van der Waals surface area (Å²) >= 11 is 1.65. The minimum atomic E-state index is -3.51. The molecule has 0 aliphatic carbocycles. The van der Waals surface area contributed by atoms with Crippen LogP contribution in [0.4, 0.5) is 0 Å². The fraction of sp³-hybridized carbons (Fsp3) is 0.381. The number of benzene rings is 2. The van der Waals surface area contributed by atoms with Gasteiger partial charge in [0.2, 0.25) is 10.0 Å². The molecule has 3 rings (SSSR count). The number of carbonyl (C=O) groups is 1. The van der Waals surface area contributed by atoms with Gasteiger partial charge in [0.15, 0.2) is 0 Å². The molecule has 156 valence electrons. The third-order valence-corrected chi connectivity index (χ3v) is 7.47. The fourth-order valence-corrected chi connectivity index (χ4v) is 5.36. The lowest BCUT2D eigenvalue weighted by Gasteiger charge is -2.26. The van der Waals surface area contributed by atoms with Crippen molar-refractivity contribution < 1.29 is 17.9 Å². The van der Waals surface area contributed by atoms with E-state index in [1.807, 2.05) is 24.3 Å². The van der Waals surface area contributed by atoms with E-state index in [9.17, 15) is 13.2 Å². The zero-order valence-corrected chi connectivity index (χ0v) is 18.3. The Morgan fingerprint density at radius 3 is 2.41 bits per heavy atom. The van der Waals surface area contributed by atoms with Crippen molar-refractivity contribution in [1.82, 2.24) is 9.62 Å². The van der Waals surface area contributed by atoms with Gasteiger partial charge >= 0.3 is 0 Å². The van der Waals surface area contributed by atoms with Gasteiger partial charge in [-0.2, -0.15) is 4.31 Å². The molecule has 2 aromatic carbocycles. The molecule has 0 bridgehead atoms. The number of sulfonamides is 1. The molecule has 1 heterocycles. The first-order valence-electron chi connectivity index (χ1n) is 9.58. The third kappa shape index (κ3) is 5.60. The van der Waals surface area contributed by atoms with Crippen molar-refractivity contribution in [1.29, 1.82) is 0 Å². The van der Waals surface area contributed by atoms with E-state index >= 15 is 0 Å². The lowest BCUT2D eigenvalue weighted by molar-refractivity contribution is 0.0730. The number of nitrogens with one attached hydrogen (secondary N) is 1. The molecule has 0 spiro atoms. The molecule has 8 heteroatoms. The van der Waals surface area contributed by atoms with Crippen LogP contribution in [0, 0.1) is 0 Å². The molecule has 1 N–H and O–H groups in total. The topological polar surface area (TPSA) is 75.7 Å². The summed E-state index contributed by atoms with van der Waals surface area (Å²) in [7, 11) is -3.51. The van der Waals surface area contributed by atoms with Crippen molar-refractivity contribution >= 4 is 27.7 Å². The predicted molar refractivity (Wildman–Crippen MR) is 115 cm³/mol. The maximum atomic E-state index is 12.7. The molecular weight excluding hydrogens is 408 g/mol. The number of morpholine rings is 1. The van der Waals surface area contributed by atoms with E-state index in [1.165, 1.54) is 4.31 Å². The summed E-state index contributed by atoms with van der Waals surface area (Å²) in [5, 5.41) is 3.30. The van der Waals surface area contributed by atoms with Crippen LogP contribution in [0.5, 0.6) is 0 Å². The molecule has 1 aliphatic heterocycles. The van der Waals surface area contributed by atoms with Gasteiger partial charge in [-0.15, -0.1) is 11.8 Å². The van der Waals surface area contributed by atoms with E-state index in [-0.39, 0.29) is 10.8 Å². The Morgan fingerprint density at radius 2 is 1.76 bits per heavy atom. The van der Waals surface area contributed by atoms with Crippen LogP contribution >= 0.6 is 11.8 Å². The monoisotopic (exact) mass is 434 g/mol. The van der Waals surface area contributed by atoms with Crippen LogP contribution in [-0.4, -0.2) is 50.2 Å². The molecule has 2 aromatic rings. The molecule has 1 fully saturated rings. The standard InChI is InChI=1S/C21H26N2O4S2/c1-16(2)28-20-6-4-3-5-19(20)21(24)22-15-17-7-9-18(10-8-17)29(25,26)23-11-13-27-14-12-23/h3-10,16H,11-15H2,1-2H3,(H,22,24). The highest BCUT2D eigenvalue weighted by atomic mass is 32.2. The molecule has 1 saturated heterocycles. The van der Waals surface area contributed by atoms with Crippen LogP contribution in [0.1, 0.15) is 29.8 Å². The first-order chi connectivity index (χ1) is 13.9. The maximum Gasteiger partial charge on any atom is 0.252 e. The van der Waals surface area contributed by atoms with E-state index in [4.69, 9.17) is 4.74 Å². The summed E-state index contributed by atoms with van der Waals surface area (Å²) in [5.41, 5.74) is 1.49. The fourth-order valence-electron chi connectivity index (χ4n) is 3.00. The largest absolute Gasteiger partial charge is 0.379 e. The summed E-state index contributed by atoms with van der Waals surface area (Å²) in [5.74, 6) is -0.140. The van der Waals surface area contributed by atoms with Crippen LogP contribution in [0.15, 0.2) is 58.3 Å². The second-order valence-corrected chi connectivity index (χ2v) is 10.6. The average Bonchev–Trinajstić information content (AvgIpc) is 2.73. The number of hydrogen-bond acceptors (Lipinski definition) is 5.